The van der Waals surface area contributed by atoms with Crippen molar-refractivity contribution in [1.29, 1.82) is 0 Å². The van der Waals surface area contributed by atoms with Crippen LogP contribution in [-0.2, 0) is 15.1 Å². The smallest absolute Gasteiger partial charge is 0.378 e. The van der Waals surface area contributed by atoms with E-state index in [1.54, 1.807) is 25.3 Å². The highest BCUT2D eigenvalue weighted by molar-refractivity contribution is 7.13. The van der Waals surface area contributed by atoms with Crippen molar-refractivity contribution in [2.24, 2.45) is 0 Å². The quantitative estimate of drug-likeness (QED) is 0.810. The van der Waals surface area contributed by atoms with Gasteiger partial charge < -0.3 is 19.7 Å². The number of aliphatic hydroxyl groups is 2. The van der Waals surface area contributed by atoms with Gasteiger partial charge in [-0.15, -0.1) is 11.3 Å². The maximum absolute atomic E-state index is 11.5. The molecule has 1 unspecified atom stereocenters. The minimum Gasteiger partial charge on any atom is -0.505 e. The molecule has 3 rings (SSSR count). The Morgan fingerprint density at radius 3 is 2.57 bits per heavy atom. The van der Waals surface area contributed by atoms with Crippen molar-refractivity contribution in [3.8, 4) is 16.2 Å². The predicted molar refractivity (Wildman–Crippen MR) is 87.0 cm³/mol. The van der Waals surface area contributed by atoms with Crippen LogP contribution in [0.4, 0.5) is 0 Å². The van der Waals surface area contributed by atoms with Crippen LogP contribution < -0.4 is 4.74 Å². The summed E-state index contributed by atoms with van der Waals surface area (Å²) < 4.78 is 10.3. The van der Waals surface area contributed by atoms with Gasteiger partial charge in [-0.3, -0.25) is 0 Å². The van der Waals surface area contributed by atoms with Crippen molar-refractivity contribution >= 4 is 28.9 Å². The number of hydrogen-bond donors (Lipinski definition) is 2. The average molecular weight is 353 g/mol. The molecule has 1 aromatic heterocycles. The second kappa shape index (κ2) is 5.47. The molecule has 1 aromatic carbocycles. The molecule has 120 valence electrons. The molecule has 1 aliphatic rings. The lowest BCUT2D eigenvalue weighted by atomic mass is 9.92. The Balaban J connectivity index is 2.10. The largest absolute Gasteiger partial charge is 0.505 e. The van der Waals surface area contributed by atoms with Gasteiger partial charge in [-0.25, -0.2) is 4.79 Å². The number of halogens is 1. The average Bonchev–Trinajstić information content (AvgIpc) is 3.08. The summed E-state index contributed by atoms with van der Waals surface area (Å²) in [5, 5.41) is 21.9. The van der Waals surface area contributed by atoms with Gasteiger partial charge in [0.15, 0.2) is 11.4 Å². The summed E-state index contributed by atoms with van der Waals surface area (Å²) in [5.74, 6) is -1.55. The number of ether oxygens (including phenoxy) is 2. The van der Waals surface area contributed by atoms with Crippen LogP contribution in [0.15, 0.2) is 41.2 Å². The predicted octanol–water partition coefficient (Wildman–Crippen LogP) is 4.18. The summed E-state index contributed by atoms with van der Waals surface area (Å²) >= 11 is 7.65. The van der Waals surface area contributed by atoms with E-state index < -0.39 is 23.1 Å². The first-order valence-corrected chi connectivity index (χ1v) is 7.91. The monoisotopic (exact) mass is 352 g/mol. The highest BCUT2D eigenvalue weighted by atomic mass is 35.5. The Morgan fingerprint density at radius 2 is 2.00 bits per heavy atom. The van der Waals surface area contributed by atoms with Gasteiger partial charge in [0.25, 0.3) is 0 Å². The van der Waals surface area contributed by atoms with Crippen LogP contribution in [-0.4, -0.2) is 23.3 Å². The summed E-state index contributed by atoms with van der Waals surface area (Å²) in [7, 11) is 1.58. The van der Waals surface area contributed by atoms with E-state index in [9.17, 15) is 15.0 Å². The molecule has 0 amide bonds. The molecule has 0 fully saturated rings. The van der Waals surface area contributed by atoms with Crippen LogP contribution in [0.25, 0.3) is 10.4 Å². The number of cyclic esters (lactones) is 1. The molecule has 2 aromatic rings. The van der Waals surface area contributed by atoms with Crippen molar-refractivity contribution in [2.45, 2.75) is 12.5 Å². The van der Waals surface area contributed by atoms with E-state index in [1.165, 1.54) is 18.3 Å². The summed E-state index contributed by atoms with van der Waals surface area (Å²) in [4.78, 5) is 12.4. The first-order chi connectivity index (χ1) is 10.8. The molecule has 7 heteroatoms. The molecule has 5 nitrogen and oxygen atoms in total. The first kappa shape index (κ1) is 15.7. The fraction of sp³-hybridized carbons (Fsp3) is 0.188. The number of aliphatic hydroxyl groups excluding tert-OH is 2. The molecule has 1 aliphatic heterocycles. The summed E-state index contributed by atoms with van der Waals surface area (Å²) in [6.45, 7) is 1.49. The minimum atomic E-state index is -1.47. The maximum Gasteiger partial charge on any atom is 0.378 e. The lowest BCUT2D eigenvalue weighted by molar-refractivity contribution is -0.149. The fourth-order valence-electron chi connectivity index (χ4n) is 2.38. The van der Waals surface area contributed by atoms with Crippen molar-refractivity contribution < 1.29 is 24.5 Å². The van der Waals surface area contributed by atoms with Gasteiger partial charge >= 0.3 is 5.97 Å². The van der Waals surface area contributed by atoms with Crippen LogP contribution in [0.5, 0.6) is 5.75 Å². The Bertz CT molecular complexity index is 826. The molecular weight excluding hydrogens is 340 g/mol. The van der Waals surface area contributed by atoms with Crippen molar-refractivity contribution in [3.63, 3.8) is 0 Å². The molecular formula is C16H13ClO5S. The van der Waals surface area contributed by atoms with E-state index in [-0.39, 0.29) is 0 Å². The molecule has 2 heterocycles. The van der Waals surface area contributed by atoms with Gasteiger partial charge in [0.2, 0.25) is 5.76 Å². The van der Waals surface area contributed by atoms with Crippen LogP contribution in [0.1, 0.15) is 12.5 Å². The van der Waals surface area contributed by atoms with E-state index in [4.69, 9.17) is 21.1 Å². The van der Waals surface area contributed by atoms with Crippen LogP contribution >= 0.6 is 22.9 Å². The van der Waals surface area contributed by atoms with Gasteiger partial charge in [-0.2, -0.15) is 0 Å². The van der Waals surface area contributed by atoms with Gasteiger partial charge in [0.05, 0.1) is 7.11 Å². The van der Waals surface area contributed by atoms with Gasteiger partial charge in [-0.1, -0.05) is 11.6 Å². The van der Waals surface area contributed by atoms with E-state index in [0.29, 0.717) is 10.6 Å². The molecule has 0 spiro atoms. The number of benzene rings is 1. The molecule has 1 atom stereocenters. The second-order valence-corrected chi connectivity index (χ2v) is 6.55. The van der Waals surface area contributed by atoms with Crippen molar-refractivity contribution in [1.82, 2.24) is 0 Å². The zero-order chi connectivity index (χ0) is 16.8. The lowest BCUT2D eigenvalue weighted by Crippen LogP contribution is -2.25. The Hall–Kier alpha value is -2.18. The highest BCUT2D eigenvalue weighted by Gasteiger charge is 2.46. The summed E-state index contributed by atoms with van der Waals surface area (Å²) in [6, 6.07) is 6.95. The maximum atomic E-state index is 11.5. The topological polar surface area (TPSA) is 76.0 Å². The molecule has 0 radical (unpaired) electrons. The van der Waals surface area contributed by atoms with E-state index in [2.05, 4.69) is 0 Å². The molecule has 23 heavy (non-hydrogen) atoms. The highest BCUT2D eigenvalue weighted by Crippen LogP contribution is 2.42. The third kappa shape index (κ3) is 2.54. The number of carbonyl (C=O) groups excluding carboxylic acids is 1. The molecule has 0 bridgehead atoms. The standard InChI is InChI=1S/C16H13ClO5S/c1-16(14(19)13(18)15(20)22-16)9-3-8(4-10(17)5-9)12-6-11(21-2)7-23-12/h3-7,18-19H,1-2H3. The third-order valence-corrected chi connectivity index (χ3v) is 4.89. The number of esters is 1. The van der Waals surface area contributed by atoms with Gasteiger partial charge in [0.1, 0.15) is 5.75 Å². The van der Waals surface area contributed by atoms with Crippen LogP contribution in [0.3, 0.4) is 0 Å². The minimum absolute atomic E-state index is 0.418. The number of rotatable bonds is 3. The zero-order valence-electron chi connectivity index (χ0n) is 12.3. The Kier molecular flexibility index (Phi) is 3.74. The second-order valence-electron chi connectivity index (χ2n) is 5.20. The van der Waals surface area contributed by atoms with E-state index in [1.807, 2.05) is 11.4 Å². The molecule has 0 saturated heterocycles. The van der Waals surface area contributed by atoms with Crippen molar-refractivity contribution in [2.75, 3.05) is 7.11 Å². The zero-order valence-corrected chi connectivity index (χ0v) is 13.9. The number of hydrogen-bond acceptors (Lipinski definition) is 6. The molecule has 0 saturated carbocycles. The van der Waals surface area contributed by atoms with Crippen molar-refractivity contribution in [3.05, 3.63) is 51.7 Å². The van der Waals surface area contributed by atoms with Crippen LogP contribution in [0.2, 0.25) is 5.02 Å². The third-order valence-electron chi connectivity index (χ3n) is 3.71. The van der Waals surface area contributed by atoms with Gasteiger partial charge in [0, 0.05) is 20.8 Å². The number of methoxy groups -OCH3 is 1. The molecule has 0 aliphatic carbocycles. The lowest BCUT2D eigenvalue weighted by Gasteiger charge is -2.24. The summed E-state index contributed by atoms with van der Waals surface area (Å²) in [5.41, 5.74) is -0.221. The molecule has 2 N–H and O–H groups in total. The van der Waals surface area contributed by atoms with E-state index in [0.717, 1.165) is 16.2 Å². The van der Waals surface area contributed by atoms with Gasteiger partial charge in [-0.05, 0) is 36.8 Å². The number of thiophene rings is 1. The van der Waals surface area contributed by atoms with E-state index >= 15 is 0 Å². The number of carbonyl (C=O) groups is 1. The fourth-order valence-corrected chi connectivity index (χ4v) is 3.47. The van der Waals surface area contributed by atoms with Crippen LogP contribution in [0, 0.1) is 0 Å². The Morgan fingerprint density at radius 1 is 1.26 bits per heavy atom. The SMILES string of the molecule is COc1csc(-c2cc(Cl)cc(C3(C)OC(=O)C(O)=C3O)c2)c1. The normalized spacial score (nSPS) is 20.7. The first-order valence-electron chi connectivity index (χ1n) is 6.65. The summed E-state index contributed by atoms with van der Waals surface area (Å²) in [6.07, 6.45) is 0. The Labute approximate surface area is 141 Å².